The second kappa shape index (κ2) is 8.70. The number of ether oxygens (including phenoxy) is 1. The van der Waals surface area contributed by atoms with Crippen molar-refractivity contribution in [2.45, 2.75) is 20.0 Å². The number of piperazine rings is 1. The van der Waals surface area contributed by atoms with Crippen LogP contribution in [0.2, 0.25) is 0 Å². The molecule has 1 fully saturated rings. The van der Waals surface area contributed by atoms with Crippen LogP contribution >= 0.6 is 0 Å². The van der Waals surface area contributed by atoms with E-state index in [1.165, 1.54) is 0 Å². The summed E-state index contributed by atoms with van der Waals surface area (Å²) in [4.78, 5) is 31.7. The van der Waals surface area contributed by atoms with E-state index in [1.807, 2.05) is 25.8 Å². The van der Waals surface area contributed by atoms with Crippen LogP contribution in [0.1, 0.15) is 19.4 Å². The summed E-state index contributed by atoms with van der Waals surface area (Å²) < 4.78 is 33.6. The van der Waals surface area contributed by atoms with Gasteiger partial charge < -0.3 is 14.5 Å². The summed E-state index contributed by atoms with van der Waals surface area (Å²) in [6.07, 6.45) is -0.00685. The molecule has 0 unspecified atom stereocenters. The summed E-state index contributed by atoms with van der Waals surface area (Å²) in [6.45, 7) is 6.40. The highest BCUT2D eigenvalue weighted by Crippen LogP contribution is 2.36. The Labute approximate surface area is 185 Å². The average Bonchev–Trinajstić information content (AvgIpc) is 2.99. The van der Waals surface area contributed by atoms with Crippen LogP contribution in [0.15, 0.2) is 48.2 Å². The van der Waals surface area contributed by atoms with Crippen LogP contribution in [0.4, 0.5) is 14.5 Å². The molecule has 4 rings (SSSR count). The van der Waals surface area contributed by atoms with Crippen molar-refractivity contribution in [2.75, 3.05) is 38.1 Å². The van der Waals surface area contributed by atoms with Gasteiger partial charge in [0.15, 0.2) is 0 Å². The first-order valence-electron chi connectivity index (χ1n) is 10.5. The molecule has 2 aromatic rings. The number of rotatable bonds is 5. The molecule has 0 aromatic heterocycles. The van der Waals surface area contributed by atoms with E-state index >= 15 is 0 Å². The summed E-state index contributed by atoms with van der Waals surface area (Å²) in [6, 6.07) is 9.74. The van der Waals surface area contributed by atoms with Crippen LogP contribution in [0.25, 0.3) is 5.57 Å². The molecule has 0 saturated carbocycles. The van der Waals surface area contributed by atoms with Crippen molar-refractivity contribution >= 4 is 23.1 Å². The van der Waals surface area contributed by atoms with Crippen LogP contribution in [0.5, 0.6) is 5.75 Å². The van der Waals surface area contributed by atoms with Gasteiger partial charge in [-0.05, 0) is 50.7 Å². The molecule has 0 bridgehead atoms. The van der Waals surface area contributed by atoms with E-state index in [0.717, 1.165) is 30.1 Å². The van der Waals surface area contributed by atoms with Crippen molar-refractivity contribution in [1.82, 2.24) is 9.80 Å². The lowest BCUT2D eigenvalue weighted by Gasteiger charge is -2.34. The fourth-order valence-corrected chi connectivity index (χ4v) is 3.96. The fraction of sp³-hybridized carbons (Fsp3) is 0.333. The van der Waals surface area contributed by atoms with E-state index in [1.54, 1.807) is 24.3 Å². The van der Waals surface area contributed by atoms with E-state index in [9.17, 15) is 18.4 Å². The average molecular weight is 441 g/mol. The summed E-state index contributed by atoms with van der Waals surface area (Å²) in [5.41, 5.74) is 0.727. The van der Waals surface area contributed by atoms with Crippen LogP contribution in [-0.4, -0.2) is 60.9 Å². The number of amides is 2. The second-order valence-electron chi connectivity index (χ2n) is 8.25. The Morgan fingerprint density at radius 2 is 1.56 bits per heavy atom. The Morgan fingerprint density at radius 1 is 0.906 bits per heavy atom. The molecule has 2 aliphatic rings. The molecule has 2 aliphatic heterocycles. The summed E-state index contributed by atoms with van der Waals surface area (Å²) in [5.74, 6) is -2.34. The van der Waals surface area contributed by atoms with Gasteiger partial charge in [0.2, 0.25) is 0 Å². The molecule has 32 heavy (non-hydrogen) atoms. The van der Waals surface area contributed by atoms with E-state index in [-0.39, 0.29) is 23.1 Å². The standard InChI is InChI=1S/C24H25F2N3O3/c1-15(2)32-18-7-4-16(5-8-18)21-22(28-12-10-27(3)11-13-28)24(31)29(23(21)30)20-9-6-17(25)14-19(20)26/h4-9,14-15H,10-13H2,1-3H3. The van der Waals surface area contributed by atoms with Gasteiger partial charge in [0.1, 0.15) is 23.1 Å². The molecule has 0 spiro atoms. The molecule has 0 aliphatic carbocycles. The molecule has 2 amide bonds. The Morgan fingerprint density at radius 3 is 2.16 bits per heavy atom. The Bertz CT molecular complexity index is 1070. The Hall–Kier alpha value is -3.26. The maximum Gasteiger partial charge on any atom is 0.282 e. The predicted molar refractivity (Wildman–Crippen MR) is 117 cm³/mol. The van der Waals surface area contributed by atoms with Crippen LogP contribution in [0.3, 0.4) is 0 Å². The smallest absolute Gasteiger partial charge is 0.282 e. The minimum Gasteiger partial charge on any atom is -0.491 e. The number of benzene rings is 2. The number of carbonyl (C=O) groups is 2. The lowest BCUT2D eigenvalue weighted by Crippen LogP contribution is -2.46. The van der Waals surface area contributed by atoms with Crippen molar-refractivity contribution in [3.8, 4) is 5.75 Å². The number of halogens is 2. The number of nitrogens with zero attached hydrogens (tertiary/aromatic N) is 3. The molecule has 168 valence electrons. The molecular formula is C24H25F2N3O3. The van der Waals surface area contributed by atoms with Crippen molar-refractivity contribution in [2.24, 2.45) is 0 Å². The van der Waals surface area contributed by atoms with E-state index < -0.39 is 23.4 Å². The van der Waals surface area contributed by atoms with Gasteiger partial charge >= 0.3 is 0 Å². The van der Waals surface area contributed by atoms with E-state index in [0.29, 0.717) is 30.5 Å². The molecule has 6 nitrogen and oxygen atoms in total. The highest BCUT2D eigenvalue weighted by Gasteiger charge is 2.43. The summed E-state index contributed by atoms with van der Waals surface area (Å²) in [5, 5.41) is 0. The third-order valence-electron chi connectivity index (χ3n) is 5.54. The first-order valence-corrected chi connectivity index (χ1v) is 10.5. The van der Waals surface area contributed by atoms with Gasteiger partial charge in [0, 0.05) is 32.2 Å². The van der Waals surface area contributed by atoms with Gasteiger partial charge in [-0.15, -0.1) is 0 Å². The number of hydrogen-bond acceptors (Lipinski definition) is 5. The van der Waals surface area contributed by atoms with Crippen molar-refractivity contribution in [3.05, 3.63) is 65.4 Å². The lowest BCUT2D eigenvalue weighted by atomic mass is 10.0. The molecule has 2 heterocycles. The zero-order valence-corrected chi connectivity index (χ0v) is 18.3. The second-order valence-corrected chi connectivity index (χ2v) is 8.25. The van der Waals surface area contributed by atoms with Gasteiger partial charge in [-0.25, -0.2) is 13.7 Å². The largest absolute Gasteiger partial charge is 0.491 e. The third kappa shape index (κ3) is 4.10. The van der Waals surface area contributed by atoms with Crippen LogP contribution in [-0.2, 0) is 9.59 Å². The molecule has 8 heteroatoms. The third-order valence-corrected chi connectivity index (χ3v) is 5.54. The first-order chi connectivity index (χ1) is 15.3. The molecule has 1 saturated heterocycles. The minimum atomic E-state index is -0.966. The summed E-state index contributed by atoms with van der Waals surface area (Å²) in [7, 11) is 1.99. The van der Waals surface area contributed by atoms with Crippen LogP contribution < -0.4 is 9.64 Å². The lowest BCUT2D eigenvalue weighted by molar-refractivity contribution is -0.120. The number of carbonyl (C=O) groups excluding carboxylic acids is 2. The van der Waals surface area contributed by atoms with Crippen molar-refractivity contribution in [1.29, 1.82) is 0 Å². The number of imide groups is 1. The van der Waals surface area contributed by atoms with Gasteiger partial charge in [-0.3, -0.25) is 9.59 Å². The van der Waals surface area contributed by atoms with Gasteiger partial charge in [0.05, 0.1) is 17.4 Å². The van der Waals surface area contributed by atoms with Gasteiger partial charge in [0.25, 0.3) is 11.8 Å². The highest BCUT2D eigenvalue weighted by atomic mass is 19.1. The number of hydrogen-bond donors (Lipinski definition) is 0. The highest BCUT2D eigenvalue weighted by molar-refractivity contribution is 6.45. The zero-order valence-electron chi connectivity index (χ0n) is 18.3. The molecule has 0 atom stereocenters. The Kier molecular flexibility index (Phi) is 5.97. The normalized spacial score (nSPS) is 17.7. The predicted octanol–water partition coefficient (Wildman–Crippen LogP) is 3.28. The van der Waals surface area contributed by atoms with Crippen LogP contribution in [0, 0.1) is 11.6 Å². The quantitative estimate of drug-likeness (QED) is 0.667. The monoisotopic (exact) mass is 441 g/mol. The molecular weight excluding hydrogens is 416 g/mol. The van der Waals surface area contributed by atoms with Crippen molar-refractivity contribution < 1.29 is 23.1 Å². The van der Waals surface area contributed by atoms with E-state index in [4.69, 9.17) is 4.74 Å². The molecule has 2 aromatic carbocycles. The molecule has 0 N–H and O–H groups in total. The van der Waals surface area contributed by atoms with Gasteiger partial charge in [-0.2, -0.15) is 0 Å². The minimum absolute atomic E-state index is 0.00685. The SMILES string of the molecule is CC(C)Oc1ccc(C2=C(N3CCN(C)CC3)C(=O)N(c3ccc(F)cc3F)C2=O)cc1. The maximum atomic E-state index is 14.5. The zero-order chi connectivity index (χ0) is 23.0. The summed E-state index contributed by atoms with van der Waals surface area (Å²) >= 11 is 0. The van der Waals surface area contributed by atoms with Crippen molar-refractivity contribution in [3.63, 3.8) is 0 Å². The number of anilines is 1. The van der Waals surface area contributed by atoms with Gasteiger partial charge in [-0.1, -0.05) is 12.1 Å². The number of likely N-dealkylation sites (N-methyl/N-ethyl adjacent to an activating group) is 1. The topological polar surface area (TPSA) is 53.1 Å². The first kappa shape index (κ1) is 22.0. The fourth-order valence-electron chi connectivity index (χ4n) is 3.96. The van der Waals surface area contributed by atoms with E-state index in [2.05, 4.69) is 4.90 Å². The Balaban J connectivity index is 1.78. The maximum absolute atomic E-state index is 14.5. The molecule has 0 radical (unpaired) electrons.